The highest BCUT2D eigenvalue weighted by Crippen LogP contribution is 2.03. The van der Waals surface area contributed by atoms with Crippen LogP contribution in [0.2, 0.25) is 0 Å². The smallest absolute Gasteiger partial charge is 0.322 e. The third kappa shape index (κ3) is 7.32. The molecule has 12 heteroatoms. The minimum atomic E-state index is -1.38. The molecule has 0 bridgehead atoms. The summed E-state index contributed by atoms with van der Waals surface area (Å²) in [6.45, 7) is 2.09. The summed E-state index contributed by atoms with van der Waals surface area (Å²) in [6.07, 6.45) is 2.91. The average molecular weight is 398 g/mol. The fourth-order valence-electron chi connectivity index (χ4n) is 2.15. The number of nitrogens with zero attached hydrogens (tertiary/aromatic N) is 1. The van der Waals surface area contributed by atoms with Crippen LogP contribution in [0.3, 0.4) is 0 Å². The van der Waals surface area contributed by atoms with E-state index in [1.54, 1.807) is 13.8 Å². The molecule has 0 saturated carbocycles. The first-order chi connectivity index (χ1) is 13.1. The molecule has 0 aliphatic rings. The molecule has 1 heterocycles. The highest BCUT2D eigenvalue weighted by atomic mass is 16.4. The fourth-order valence-corrected chi connectivity index (χ4v) is 2.15. The summed E-state index contributed by atoms with van der Waals surface area (Å²) >= 11 is 0. The van der Waals surface area contributed by atoms with Gasteiger partial charge in [-0.05, 0) is 5.92 Å². The first-order valence-corrected chi connectivity index (χ1v) is 8.59. The van der Waals surface area contributed by atoms with Crippen molar-refractivity contribution in [3.05, 3.63) is 18.2 Å². The lowest BCUT2D eigenvalue weighted by Crippen LogP contribution is -2.58. The van der Waals surface area contributed by atoms with Gasteiger partial charge in [0, 0.05) is 18.3 Å². The molecule has 0 aromatic carbocycles. The van der Waals surface area contributed by atoms with Gasteiger partial charge in [0.1, 0.15) is 18.6 Å². The summed E-state index contributed by atoms with van der Waals surface area (Å²) in [5.41, 5.74) is 6.35. The molecule has 3 amide bonds. The van der Waals surface area contributed by atoms with Gasteiger partial charge in [-0.1, -0.05) is 13.8 Å². The maximum Gasteiger partial charge on any atom is 0.322 e. The van der Waals surface area contributed by atoms with Crippen molar-refractivity contribution in [1.82, 2.24) is 25.9 Å². The van der Waals surface area contributed by atoms with E-state index in [4.69, 9.17) is 10.8 Å². The fraction of sp³-hybridized carbons (Fsp3) is 0.562. The van der Waals surface area contributed by atoms with Gasteiger partial charge in [-0.25, -0.2) is 4.98 Å². The number of hydrogen-bond donors (Lipinski definition) is 7. The Morgan fingerprint density at radius 3 is 2.29 bits per heavy atom. The molecule has 3 unspecified atom stereocenters. The molecule has 1 aromatic heterocycles. The summed E-state index contributed by atoms with van der Waals surface area (Å²) < 4.78 is 0. The van der Waals surface area contributed by atoms with E-state index in [-0.39, 0.29) is 12.3 Å². The number of imidazole rings is 1. The maximum atomic E-state index is 12.6. The zero-order chi connectivity index (χ0) is 21.3. The van der Waals surface area contributed by atoms with Crippen molar-refractivity contribution in [2.24, 2.45) is 11.7 Å². The molecular formula is C16H26N6O6. The van der Waals surface area contributed by atoms with Crippen LogP contribution < -0.4 is 21.7 Å². The Hall–Kier alpha value is -2.99. The van der Waals surface area contributed by atoms with Gasteiger partial charge in [0.15, 0.2) is 0 Å². The number of carbonyl (C=O) groups excluding carboxylic acids is 3. The molecule has 0 fully saturated rings. The topological polar surface area (TPSA) is 200 Å². The van der Waals surface area contributed by atoms with Gasteiger partial charge in [-0.15, -0.1) is 0 Å². The van der Waals surface area contributed by atoms with Crippen LogP contribution in [0.4, 0.5) is 0 Å². The number of hydrogen-bond acceptors (Lipinski definition) is 7. The molecule has 0 saturated heterocycles. The Balaban J connectivity index is 2.85. The van der Waals surface area contributed by atoms with Crippen LogP contribution in [0.25, 0.3) is 0 Å². The Morgan fingerprint density at radius 2 is 1.79 bits per heavy atom. The molecule has 3 atom stereocenters. The first-order valence-electron chi connectivity index (χ1n) is 8.59. The lowest BCUT2D eigenvalue weighted by molar-refractivity contribution is -0.139. The number of rotatable bonds is 11. The molecule has 0 aliphatic heterocycles. The van der Waals surface area contributed by atoms with E-state index in [1.165, 1.54) is 12.5 Å². The van der Waals surface area contributed by atoms with Crippen molar-refractivity contribution in [3.63, 3.8) is 0 Å². The van der Waals surface area contributed by atoms with Gasteiger partial charge in [-0.2, -0.15) is 0 Å². The largest absolute Gasteiger partial charge is 0.480 e. The lowest BCUT2D eigenvalue weighted by atomic mass is 10.0. The molecule has 1 aromatic rings. The maximum absolute atomic E-state index is 12.6. The first kappa shape index (κ1) is 23.0. The number of amides is 3. The molecule has 0 spiro atoms. The monoisotopic (exact) mass is 398 g/mol. The predicted molar refractivity (Wildman–Crippen MR) is 96.7 cm³/mol. The number of nitrogens with two attached hydrogens (primary N) is 1. The number of aromatic nitrogens is 2. The van der Waals surface area contributed by atoms with Crippen LogP contribution in [0.15, 0.2) is 12.5 Å². The summed E-state index contributed by atoms with van der Waals surface area (Å²) in [6, 6.07) is -3.32. The van der Waals surface area contributed by atoms with E-state index in [9.17, 15) is 24.3 Å². The second-order valence-corrected chi connectivity index (χ2v) is 6.47. The molecular weight excluding hydrogens is 372 g/mol. The SMILES string of the molecule is CC(C)C(N)C(=O)NC(Cc1cnc[nH]1)C(=O)NC(CO)C(=O)NCC(=O)O. The van der Waals surface area contributed by atoms with E-state index in [1.807, 2.05) is 0 Å². The van der Waals surface area contributed by atoms with E-state index in [0.29, 0.717) is 5.69 Å². The van der Waals surface area contributed by atoms with E-state index in [0.717, 1.165) is 0 Å². The van der Waals surface area contributed by atoms with Crippen LogP contribution in [0.1, 0.15) is 19.5 Å². The second kappa shape index (κ2) is 11.0. The Kier molecular flexibility index (Phi) is 9.05. The normalized spacial score (nSPS) is 14.0. The molecule has 28 heavy (non-hydrogen) atoms. The van der Waals surface area contributed by atoms with Crippen LogP contribution in [-0.4, -0.2) is 75.1 Å². The minimum absolute atomic E-state index is 0.0390. The highest BCUT2D eigenvalue weighted by Gasteiger charge is 2.29. The van der Waals surface area contributed by atoms with Gasteiger partial charge in [-0.3, -0.25) is 19.2 Å². The Bertz CT molecular complexity index is 677. The lowest BCUT2D eigenvalue weighted by Gasteiger charge is -2.24. The number of carbonyl (C=O) groups is 4. The minimum Gasteiger partial charge on any atom is -0.480 e. The number of nitrogens with one attached hydrogen (secondary N) is 4. The van der Waals surface area contributed by atoms with Crippen molar-refractivity contribution in [1.29, 1.82) is 0 Å². The van der Waals surface area contributed by atoms with E-state index >= 15 is 0 Å². The average Bonchev–Trinajstić information content (AvgIpc) is 3.15. The Labute approximate surface area is 161 Å². The van der Waals surface area contributed by atoms with Gasteiger partial charge >= 0.3 is 5.97 Å². The van der Waals surface area contributed by atoms with E-state index in [2.05, 4.69) is 25.9 Å². The second-order valence-electron chi connectivity index (χ2n) is 6.47. The third-order valence-electron chi connectivity index (χ3n) is 3.86. The third-order valence-corrected chi connectivity index (χ3v) is 3.86. The van der Waals surface area contributed by atoms with Crippen LogP contribution >= 0.6 is 0 Å². The number of aliphatic hydroxyl groups is 1. The quantitative estimate of drug-likeness (QED) is 0.206. The standard InChI is InChI=1S/C16H26N6O6/c1-8(2)13(17)16(28)21-10(3-9-4-18-7-20-9)15(27)22-11(6-23)14(26)19-5-12(24)25/h4,7-8,10-11,13,23H,3,5-6,17H2,1-2H3,(H,18,20)(H,19,26)(H,21,28)(H,22,27)(H,24,25). The van der Waals surface area contributed by atoms with E-state index < -0.39 is 55.0 Å². The number of aromatic amines is 1. The Morgan fingerprint density at radius 1 is 1.14 bits per heavy atom. The van der Waals surface area contributed by atoms with Crippen molar-refractivity contribution in [3.8, 4) is 0 Å². The molecule has 12 nitrogen and oxygen atoms in total. The highest BCUT2D eigenvalue weighted by molar-refractivity contribution is 5.93. The molecule has 156 valence electrons. The van der Waals surface area contributed by atoms with Crippen molar-refractivity contribution in [2.45, 2.75) is 38.4 Å². The van der Waals surface area contributed by atoms with Crippen LogP contribution in [0.5, 0.6) is 0 Å². The van der Waals surface area contributed by atoms with Crippen molar-refractivity contribution < 1.29 is 29.4 Å². The van der Waals surface area contributed by atoms with Gasteiger partial charge in [0.2, 0.25) is 17.7 Å². The van der Waals surface area contributed by atoms with Gasteiger partial charge in [0.05, 0.1) is 19.0 Å². The number of aliphatic carboxylic acids is 1. The molecule has 0 radical (unpaired) electrons. The van der Waals surface area contributed by atoms with Gasteiger partial charge in [0.25, 0.3) is 0 Å². The zero-order valence-electron chi connectivity index (χ0n) is 15.6. The molecule has 1 rings (SSSR count). The molecule has 0 aliphatic carbocycles. The number of carboxylic acids is 1. The number of carboxylic acid groups (broad SMARTS) is 1. The summed E-state index contributed by atoms with van der Waals surface area (Å²) in [5, 5.41) is 24.8. The zero-order valence-corrected chi connectivity index (χ0v) is 15.6. The van der Waals surface area contributed by atoms with Gasteiger partial charge < -0.3 is 36.9 Å². The summed E-state index contributed by atoms with van der Waals surface area (Å²) in [4.78, 5) is 53.9. The summed E-state index contributed by atoms with van der Waals surface area (Å²) in [7, 11) is 0. The van der Waals surface area contributed by atoms with Crippen molar-refractivity contribution >= 4 is 23.7 Å². The van der Waals surface area contributed by atoms with Crippen LogP contribution in [-0.2, 0) is 25.6 Å². The van der Waals surface area contributed by atoms with Crippen LogP contribution in [0, 0.1) is 5.92 Å². The summed E-state index contributed by atoms with van der Waals surface area (Å²) in [5.74, 6) is -3.61. The predicted octanol–water partition coefficient (Wildman–Crippen LogP) is -2.90. The van der Waals surface area contributed by atoms with Crippen molar-refractivity contribution in [2.75, 3.05) is 13.2 Å². The molecule has 8 N–H and O–H groups in total. The number of aliphatic hydroxyl groups excluding tert-OH is 1. The number of H-pyrrole nitrogens is 1.